The zero-order valence-electron chi connectivity index (χ0n) is 15.4. The Morgan fingerprint density at radius 1 is 1.14 bits per heavy atom. The number of rotatable bonds is 8. The minimum atomic E-state index is -3.80. The van der Waals surface area contributed by atoms with Gasteiger partial charge in [-0.25, -0.2) is 13.4 Å². The van der Waals surface area contributed by atoms with Gasteiger partial charge < -0.3 is 0 Å². The van der Waals surface area contributed by atoms with E-state index in [0.29, 0.717) is 17.4 Å². The second-order valence-electron chi connectivity index (χ2n) is 6.09. The number of amides is 1. The Bertz CT molecular complexity index is 1020. The molecular weight excluding hydrogens is 394 g/mol. The van der Waals surface area contributed by atoms with E-state index in [-0.39, 0.29) is 10.5 Å². The third kappa shape index (κ3) is 4.58. The lowest BCUT2D eigenvalue weighted by Gasteiger charge is -2.24. The molecule has 0 radical (unpaired) electrons. The van der Waals surface area contributed by atoms with Crippen molar-refractivity contribution in [2.45, 2.75) is 24.7 Å². The molecule has 0 aliphatic heterocycles. The first kappa shape index (κ1) is 20.0. The maximum absolute atomic E-state index is 13.3. The van der Waals surface area contributed by atoms with Gasteiger partial charge in [-0.3, -0.25) is 14.4 Å². The highest BCUT2D eigenvalue weighted by molar-refractivity contribution is 7.92. The Balaban J connectivity index is 1.92. The van der Waals surface area contributed by atoms with Gasteiger partial charge in [-0.15, -0.1) is 11.3 Å². The van der Waals surface area contributed by atoms with Gasteiger partial charge in [-0.1, -0.05) is 37.6 Å². The van der Waals surface area contributed by atoms with E-state index in [1.807, 2.05) is 25.1 Å². The third-order valence-electron chi connectivity index (χ3n) is 4.10. The minimum Gasteiger partial charge on any atom is -0.298 e. The van der Waals surface area contributed by atoms with Crippen molar-refractivity contribution >= 4 is 38.1 Å². The summed E-state index contributed by atoms with van der Waals surface area (Å²) in [5, 5.41) is 4.89. The lowest BCUT2D eigenvalue weighted by molar-refractivity contribution is 0.102. The summed E-state index contributed by atoms with van der Waals surface area (Å²) in [7, 11) is -3.80. The second-order valence-corrected chi connectivity index (χ2v) is 8.84. The number of sulfonamides is 1. The van der Waals surface area contributed by atoms with E-state index in [9.17, 15) is 13.2 Å². The third-order valence-corrected chi connectivity index (χ3v) is 6.61. The molecule has 1 heterocycles. The molecule has 0 bridgehead atoms. The van der Waals surface area contributed by atoms with E-state index in [1.165, 1.54) is 27.8 Å². The number of para-hydroxylation sites is 1. The molecule has 0 saturated heterocycles. The summed E-state index contributed by atoms with van der Waals surface area (Å²) in [6.07, 6.45) is 3.19. The number of nitrogens with zero attached hydrogens (tertiary/aromatic N) is 2. The molecule has 28 heavy (non-hydrogen) atoms. The number of anilines is 2. The standard InChI is InChI=1S/C20H21N3O3S2/c1-2-3-13-23(17-9-5-4-6-10-17)28(25,26)18-11-7-8-16(15-18)19(24)22-20-21-12-14-27-20/h4-12,14-15H,2-3,13H2,1H3,(H,21,22,24). The summed E-state index contributed by atoms with van der Waals surface area (Å²) < 4.78 is 28.0. The van der Waals surface area contributed by atoms with Crippen molar-refractivity contribution in [2.75, 3.05) is 16.2 Å². The van der Waals surface area contributed by atoms with Crippen molar-refractivity contribution in [3.05, 3.63) is 71.7 Å². The second kappa shape index (κ2) is 8.99. The summed E-state index contributed by atoms with van der Waals surface area (Å²) in [6, 6.07) is 15.1. The molecule has 1 N–H and O–H groups in total. The van der Waals surface area contributed by atoms with Crippen molar-refractivity contribution in [1.29, 1.82) is 0 Å². The van der Waals surface area contributed by atoms with Crippen LogP contribution >= 0.6 is 11.3 Å². The highest BCUT2D eigenvalue weighted by Crippen LogP contribution is 2.25. The van der Waals surface area contributed by atoms with Crippen LogP contribution in [-0.4, -0.2) is 25.9 Å². The van der Waals surface area contributed by atoms with E-state index in [4.69, 9.17) is 0 Å². The van der Waals surface area contributed by atoms with Crippen LogP contribution < -0.4 is 9.62 Å². The van der Waals surface area contributed by atoms with Gasteiger partial charge in [0.15, 0.2) is 5.13 Å². The summed E-state index contributed by atoms with van der Waals surface area (Å²) in [5.41, 5.74) is 0.869. The molecule has 0 atom stereocenters. The summed E-state index contributed by atoms with van der Waals surface area (Å²) in [5.74, 6) is -0.396. The molecule has 0 aliphatic carbocycles. The molecule has 0 aliphatic rings. The Hall–Kier alpha value is -2.71. The fraction of sp³-hybridized carbons (Fsp3) is 0.200. The quantitative estimate of drug-likeness (QED) is 0.592. The monoisotopic (exact) mass is 415 g/mol. The smallest absolute Gasteiger partial charge is 0.264 e. The number of carbonyl (C=O) groups excluding carboxylic acids is 1. The molecule has 3 rings (SSSR count). The van der Waals surface area contributed by atoms with Crippen LogP contribution in [0.15, 0.2) is 71.1 Å². The molecule has 146 valence electrons. The number of thiazole rings is 1. The number of nitrogens with one attached hydrogen (secondary N) is 1. The highest BCUT2D eigenvalue weighted by Gasteiger charge is 2.25. The molecule has 1 amide bonds. The predicted molar refractivity (Wildman–Crippen MR) is 112 cm³/mol. The Labute approximate surface area is 168 Å². The topological polar surface area (TPSA) is 79.4 Å². The highest BCUT2D eigenvalue weighted by atomic mass is 32.2. The largest absolute Gasteiger partial charge is 0.298 e. The van der Waals surface area contributed by atoms with Gasteiger partial charge in [0.05, 0.1) is 10.6 Å². The SMILES string of the molecule is CCCCN(c1ccccc1)S(=O)(=O)c1cccc(C(=O)Nc2nccs2)c1. The van der Waals surface area contributed by atoms with Crippen LogP contribution in [-0.2, 0) is 10.0 Å². The van der Waals surface area contributed by atoms with E-state index >= 15 is 0 Å². The van der Waals surface area contributed by atoms with E-state index in [1.54, 1.807) is 35.8 Å². The molecule has 8 heteroatoms. The van der Waals surface area contributed by atoms with E-state index < -0.39 is 15.9 Å². The van der Waals surface area contributed by atoms with Crippen molar-refractivity contribution in [1.82, 2.24) is 4.98 Å². The molecule has 0 fully saturated rings. The maximum Gasteiger partial charge on any atom is 0.264 e. The number of hydrogen-bond donors (Lipinski definition) is 1. The Kier molecular flexibility index (Phi) is 6.43. The number of carbonyl (C=O) groups is 1. The van der Waals surface area contributed by atoms with Gasteiger partial charge in [0.25, 0.3) is 15.9 Å². The Morgan fingerprint density at radius 3 is 2.61 bits per heavy atom. The van der Waals surface area contributed by atoms with Crippen molar-refractivity contribution in [3.63, 3.8) is 0 Å². The first-order valence-electron chi connectivity index (χ1n) is 8.91. The van der Waals surface area contributed by atoms with Gasteiger partial charge in [-0.05, 0) is 36.8 Å². The summed E-state index contributed by atoms with van der Waals surface area (Å²) in [6.45, 7) is 2.39. The molecule has 0 unspecified atom stereocenters. The van der Waals surface area contributed by atoms with Crippen molar-refractivity contribution in [3.8, 4) is 0 Å². The van der Waals surface area contributed by atoms with Crippen molar-refractivity contribution in [2.24, 2.45) is 0 Å². The first-order valence-corrected chi connectivity index (χ1v) is 11.2. The molecule has 0 saturated carbocycles. The van der Waals surface area contributed by atoms with Gasteiger partial charge >= 0.3 is 0 Å². The van der Waals surface area contributed by atoms with Crippen LogP contribution in [0.1, 0.15) is 30.1 Å². The van der Waals surface area contributed by atoms with Gasteiger partial charge in [-0.2, -0.15) is 0 Å². The number of hydrogen-bond acceptors (Lipinski definition) is 5. The number of benzene rings is 2. The van der Waals surface area contributed by atoms with Gasteiger partial charge in [0.1, 0.15) is 0 Å². The molecule has 3 aromatic rings. The van der Waals surface area contributed by atoms with E-state index in [0.717, 1.165) is 12.8 Å². The average molecular weight is 416 g/mol. The molecule has 0 spiro atoms. The maximum atomic E-state index is 13.3. The summed E-state index contributed by atoms with van der Waals surface area (Å²) in [4.78, 5) is 16.5. The summed E-state index contributed by atoms with van der Waals surface area (Å²) >= 11 is 1.30. The minimum absolute atomic E-state index is 0.0826. The van der Waals surface area contributed by atoms with Crippen LogP contribution in [0.2, 0.25) is 0 Å². The van der Waals surface area contributed by atoms with Gasteiger partial charge in [0.2, 0.25) is 0 Å². The average Bonchev–Trinajstić information content (AvgIpc) is 3.22. The predicted octanol–water partition coefficient (Wildman–Crippen LogP) is 4.39. The van der Waals surface area contributed by atoms with Crippen LogP contribution in [0, 0.1) is 0 Å². The number of unbranched alkanes of at least 4 members (excludes halogenated alkanes) is 1. The van der Waals surface area contributed by atoms with Crippen LogP contribution in [0.4, 0.5) is 10.8 Å². The van der Waals surface area contributed by atoms with Crippen LogP contribution in [0.25, 0.3) is 0 Å². The zero-order valence-corrected chi connectivity index (χ0v) is 17.0. The normalized spacial score (nSPS) is 11.2. The fourth-order valence-electron chi connectivity index (χ4n) is 2.66. The number of aromatic nitrogens is 1. The molecule has 2 aromatic carbocycles. The molecule has 1 aromatic heterocycles. The lowest BCUT2D eigenvalue weighted by Crippen LogP contribution is -2.32. The van der Waals surface area contributed by atoms with Crippen molar-refractivity contribution < 1.29 is 13.2 Å². The van der Waals surface area contributed by atoms with E-state index in [2.05, 4.69) is 10.3 Å². The lowest BCUT2D eigenvalue weighted by atomic mass is 10.2. The van der Waals surface area contributed by atoms with Crippen LogP contribution in [0.5, 0.6) is 0 Å². The fourth-order valence-corrected chi connectivity index (χ4v) is 4.74. The van der Waals surface area contributed by atoms with Crippen LogP contribution in [0.3, 0.4) is 0 Å². The Morgan fingerprint density at radius 2 is 1.93 bits per heavy atom. The zero-order chi connectivity index (χ0) is 20.0. The molecular formula is C20H21N3O3S2. The molecule has 6 nitrogen and oxygen atoms in total. The first-order chi connectivity index (χ1) is 13.5. The van der Waals surface area contributed by atoms with Gasteiger partial charge in [0, 0.05) is 23.7 Å².